The van der Waals surface area contributed by atoms with Crippen molar-refractivity contribution in [1.29, 1.82) is 0 Å². The Morgan fingerprint density at radius 2 is 2.12 bits per heavy atom. The second kappa shape index (κ2) is 6.39. The van der Waals surface area contributed by atoms with Crippen molar-refractivity contribution in [3.05, 3.63) is 47.3 Å². The Bertz CT molecular complexity index is 820. The topological polar surface area (TPSA) is 60.3 Å². The van der Waals surface area contributed by atoms with E-state index in [1.54, 1.807) is 15.8 Å². The van der Waals surface area contributed by atoms with E-state index in [1.807, 2.05) is 0 Å². The molecule has 0 saturated carbocycles. The maximum atomic E-state index is 13.1. The van der Waals surface area contributed by atoms with E-state index in [9.17, 15) is 18.0 Å². The third kappa shape index (κ3) is 3.07. The second-order valence-corrected chi connectivity index (χ2v) is 6.55. The minimum absolute atomic E-state index is 0.00605. The Labute approximate surface area is 147 Å². The van der Waals surface area contributed by atoms with Crippen molar-refractivity contribution in [1.82, 2.24) is 19.9 Å². The number of aromatic nitrogens is 3. The number of nitrogens with zero attached hydrogens (tertiary/aromatic N) is 4. The van der Waals surface area contributed by atoms with Crippen molar-refractivity contribution in [2.24, 2.45) is 0 Å². The molecule has 26 heavy (non-hydrogen) atoms. The molecule has 0 aliphatic carbocycles. The number of hydrogen-bond donors (Lipinski definition) is 0. The first-order valence-electron chi connectivity index (χ1n) is 8.37. The minimum Gasteiger partial charge on any atom is -0.370 e. The monoisotopic (exact) mass is 366 g/mol. The van der Waals surface area contributed by atoms with Gasteiger partial charge in [-0.25, -0.2) is 4.68 Å². The van der Waals surface area contributed by atoms with E-state index in [0.717, 1.165) is 11.8 Å². The molecule has 0 bridgehead atoms. The molecule has 1 aromatic carbocycles. The van der Waals surface area contributed by atoms with E-state index in [0.29, 0.717) is 26.1 Å². The summed E-state index contributed by atoms with van der Waals surface area (Å²) in [5.41, 5.74) is 0.0687. The number of likely N-dealkylation sites (tertiary alicyclic amines) is 1. The number of halogens is 3. The van der Waals surface area contributed by atoms with Crippen LogP contribution in [0.4, 0.5) is 13.2 Å². The Morgan fingerprint density at radius 1 is 1.31 bits per heavy atom. The normalized spacial score (nSPS) is 22.7. The summed E-state index contributed by atoms with van der Waals surface area (Å²) in [5.74, 6) is -0.326. The lowest BCUT2D eigenvalue weighted by Gasteiger charge is -2.41. The Hall–Kier alpha value is -2.42. The zero-order valence-electron chi connectivity index (χ0n) is 13.8. The highest BCUT2D eigenvalue weighted by atomic mass is 19.4. The van der Waals surface area contributed by atoms with Gasteiger partial charge in [-0.15, -0.1) is 5.10 Å². The number of carbonyl (C=O) groups excluding carboxylic acids is 1. The van der Waals surface area contributed by atoms with E-state index < -0.39 is 11.7 Å². The molecule has 0 unspecified atom stereocenters. The number of carbonyl (C=O) groups is 1. The predicted octanol–water partition coefficient (Wildman–Crippen LogP) is 2.21. The van der Waals surface area contributed by atoms with Gasteiger partial charge in [0.1, 0.15) is 0 Å². The van der Waals surface area contributed by atoms with E-state index >= 15 is 0 Å². The van der Waals surface area contributed by atoms with Crippen LogP contribution < -0.4 is 0 Å². The van der Waals surface area contributed by atoms with Crippen LogP contribution >= 0.6 is 0 Å². The summed E-state index contributed by atoms with van der Waals surface area (Å²) in [6.45, 7) is 1.24. The van der Waals surface area contributed by atoms with Crippen LogP contribution in [-0.2, 0) is 28.7 Å². The van der Waals surface area contributed by atoms with Crippen LogP contribution in [0.25, 0.3) is 0 Å². The molecule has 2 aliphatic heterocycles. The van der Waals surface area contributed by atoms with Crippen molar-refractivity contribution in [2.45, 2.75) is 37.8 Å². The zero-order valence-corrected chi connectivity index (χ0v) is 13.8. The van der Waals surface area contributed by atoms with E-state index in [2.05, 4.69) is 10.3 Å². The molecule has 0 radical (unpaired) electrons. The fourth-order valence-corrected chi connectivity index (χ4v) is 3.63. The number of rotatable bonds is 2. The van der Waals surface area contributed by atoms with Gasteiger partial charge < -0.3 is 9.64 Å². The molecule has 9 heteroatoms. The molecule has 1 saturated heterocycles. The van der Waals surface area contributed by atoms with Gasteiger partial charge in [0.2, 0.25) is 5.91 Å². The Balaban J connectivity index is 1.51. The lowest BCUT2D eigenvalue weighted by Crippen LogP contribution is -2.50. The highest BCUT2D eigenvalue weighted by Crippen LogP contribution is 2.33. The van der Waals surface area contributed by atoms with Crippen LogP contribution in [0, 0.1) is 0 Å². The highest BCUT2D eigenvalue weighted by molar-refractivity contribution is 5.79. The van der Waals surface area contributed by atoms with Crippen molar-refractivity contribution in [3.8, 4) is 0 Å². The minimum atomic E-state index is -4.48. The molecule has 6 nitrogen and oxygen atoms in total. The van der Waals surface area contributed by atoms with Crippen LogP contribution in [0.3, 0.4) is 0 Å². The van der Waals surface area contributed by atoms with Crippen LogP contribution in [0.5, 0.6) is 0 Å². The predicted molar refractivity (Wildman–Crippen MR) is 84.0 cm³/mol. The number of hydrogen-bond acceptors (Lipinski definition) is 4. The number of amides is 1. The van der Waals surface area contributed by atoms with Gasteiger partial charge >= 0.3 is 6.18 Å². The molecule has 2 aliphatic rings. The molecule has 2 atom stereocenters. The Morgan fingerprint density at radius 3 is 2.92 bits per heavy atom. The van der Waals surface area contributed by atoms with E-state index in [1.165, 1.54) is 18.2 Å². The molecule has 0 N–H and O–H groups in total. The first-order valence-corrected chi connectivity index (χ1v) is 8.37. The van der Waals surface area contributed by atoms with Crippen molar-refractivity contribution < 1.29 is 22.7 Å². The average Bonchev–Trinajstić information content (AvgIpc) is 3.10. The van der Waals surface area contributed by atoms with Crippen LogP contribution in [0.15, 0.2) is 30.5 Å². The van der Waals surface area contributed by atoms with E-state index in [-0.39, 0.29) is 30.0 Å². The SMILES string of the molecule is O=C(Cc1ccccc1C(F)(F)F)N1CC[C@H]2OCc3cnnn3[C@@H]2C1. The van der Waals surface area contributed by atoms with Crippen molar-refractivity contribution in [2.75, 3.05) is 13.1 Å². The summed E-state index contributed by atoms with van der Waals surface area (Å²) in [4.78, 5) is 14.2. The average molecular weight is 366 g/mol. The van der Waals surface area contributed by atoms with Gasteiger partial charge in [-0.1, -0.05) is 23.4 Å². The van der Waals surface area contributed by atoms with Gasteiger partial charge in [0.05, 0.1) is 42.6 Å². The summed E-state index contributed by atoms with van der Waals surface area (Å²) in [6, 6.07) is 5.05. The van der Waals surface area contributed by atoms with Crippen molar-refractivity contribution >= 4 is 5.91 Å². The van der Waals surface area contributed by atoms with Gasteiger partial charge in [-0.2, -0.15) is 13.2 Å². The number of fused-ring (bicyclic) bond motifs is 3. The van der Waals surface area contributed by atoms with Crippen LogP contribution in [-0.4, -0.2) is 45.0 Å². The van der Waals surface area contributed by atoms with Gasteiger partial charge in [0.15, 0.2) is 0 Å². The first-order chi connectivity index (χ1) is 12.4. The van der Waals surface area contributed by atoms with Gasteiger partial charge in [-0.3, -0.25) is 4.79 Å². The molecule has 1 fully saturated rings. The standard InChI is InChI=1S/C17H17F3N4O2/c18-17(19,20)13-4-2-1-3-11(13)7-16(25)23-6-5-15-14(9-23)24-12(10-26-15)8-21-22-24/h1-4,8,14-15H,5-7,9-10H2/t14-,15-/m1/s1. The summed E-state index contributed by atoms with van der Waals surface area (Å²) < 4.78 is 46.9. The zero-order chi connectivity index (χ0) is 18.3. The molecule has 3 heterocycles. The summed E-state index contributed by atoms with van der Waals surface area (Å²) >= 11 is 0. The van der Waals surface area contributed by atoms with E-state index in [4.69, 9.17) is 4.74 Å². The van der Waals surface area contributed by atoms with Crippen molar-refractivity contribution in [3.63, 3.8) is 0 Å². The summed E-state index contributed by atoms with van der Waals surface area (Å²) in [7, 11) is 0. The third-order valence-corrected chi connectivity index (χ3v) is 4.95. The first kappa shape index (κ1) is 17.0. The molecule has 1 amide bonds. The number of alkyl halides is 3. The fraction of sp³-hybridized carbons (Fsp3) is 0.471. The van der Waals surface area contributed by atoms with Gasteiger partial charge in [0, 0.05) is 13.1 Å². The third-order valence-electron chi connectivity index (χ3n) is 4.95. The summed E-state index contributed by atoms with van der Waals surface area (Å²) in [6.07, 6.45) is -2.57. The smallest absolute Gasteiger partial charge is 0.370 e. The number of benzene rings is 1. The quantitative estimate of drug-likeness (QED) is 0.818. The highest BCUT2D eigenvalue weighted by Gasteiger charge is 2.38. The molecule has 2 aromatic rings. The van der Waals surface area contributed by atoms with Crippen LogP contribution in [0.1, 0.15) is 29.3 Å². The lowest BCUT2D eigenvalue weighted by molar-refractivity contribution is -0.140. The lowest BCUT2D eigenvalue weighted by atomic mass is 9.98. The number of piperidine rings is 1. The summed E-state index contributed by atoms with van der Waals surface area (Å²) in [5, 5.41) is 7.94. The maximum Gasteiger partial charge on any atom is 0.416 e. The second-order valence-electron chi connectivity index (χ2n) is 6.55. The molecular weight excluding hydrogens is 349 g/mol. The number of ether oxygens (including phenoxy) is 1. The molecular formula is C17H17F3N4O2. The maximum absolute atomic E-state index is 13.1. The fourth-order valence-electron chi connectivity index (χ4n) is 3.63. The van der Waals surface area contributed by atoms with Crippen LogP contribution in [0.2, 0.25) is 0 Å². The molecule has 138 valence electrons. The molecule has 0 spiro atoms. The largest absolute Gasteiger partial charge is 0.416 e. The molecule has 4 rings (SSSR count). The van der Waals surface area contributed by atoms with Gasteiger partial charge in [-0.05, 0) is 18.1 Å². The van der Waals surface area contributed by atoms with Gasteiger partial charge in [0.25, 0.3) is 0 Å². The molecule has 1 aromatic heterocycles. The Kier molecular flexibility index (Phi) is 4.18.